The van der Waals surface area contributed by atoms with E-state index in [1.807, 2.05) is 25.7 Å². The molecule has 25 heavy (non-hydrogen) atoms. The fraction of sp³-hybridized carbons (Fsp3) is 0.722. The summed E-state index contributed by atoms with van der Waals surface area (Å²) in [6.45, 7) is 6.08. The van der Waals surface area contributed by atoms with Gasteiger partial charge in [-0.25, -0.2) is 0 Å². The van der Waals surface area contributed by atoms with Crippen LogP contribution in [0.1, 0.15) is 43.2 Å². The van der Waals surface area contributed by atoms with Crippen LogP contribution in [0.25, 0.3) is 0 Å². The van der Waals surface area contributed by atoms with Gasteiger partial charge in [-0.2, -0.15) is 11.8 Å². The minimum absolute atomic E-state index is 0. The molecule has 2 N–H and O–H groups in total. The van der Waals surface area contributed by atoms with Crippen molar-refractivity contribution in [2.45, 2.75) is 38.6 Å². The lowest BCUT2D eigenvalue weighted by atomic mass is 10.2. The molecule has 0 aliphatic carbocycles. The van der Waals surface area contributed by atoms with Gasteiger partial charge in [-0.05, 0) is 69.8 Å². The van der Waals surface area contributed by atoms with Gasteiger partial charge in [-0.15, -0.1) is 24.0 Å². The molecule has 144 valence electrons. The fourth-order valence-electron chi connectivity index (χ4n) is 3.09. The summed E-state index contributed by atoms with van der Waals surface area (Å²) in [6.07, 6.45) is 7.13. The summed E-state index contributed by atoms with van der Waals surface area (Å²) in [4.78, 5) is 6.85. The third-order valence-electron chi connectivity index (χ3n) is 4.43. The van der Waals surface area contributed by atoms with Crippen molar-refractivity contribution in [1.29, 1.82) is 0 Å². The van der Waals surface area contributed by atoms with Gasteiger partial charge in [-0.1, -0.05) is 0 Å². The van der Waals surface area contributed by atoms with Crippen molar-refractivity contribution in [1.82, 2.24) is 15.5 Å². The monoisotopic (exact) mass is 480 g/mol. The lowest BCUT2D eigenvalue weighted by Crippen LogP contribution is -2.42. The standard InChI is InChI=1S/C18H32N4OS.HI/c1-15-8-9-17(23-15)16(22-11-5-6-12-22)14-21-18(19-2)20-10-4-7-13-24-3;/h8-9,16H,4-7,10-14H2,1-3H3,(H2,19,20,21);1H. The molecule has 1 saturated heterocycles. The number of hydrogen-bond acceptors (Lipinski definition) is 4. The van der Waals surface area contributed by atoms with E-state index in [0.29, 0.717) is 0 Å². The van der Waals surface area contributed by atoms with Crippen molar-refractivity contribution in [3.8, 4) is 0 Å². The highest BCUT2D eigenvalue weighted by molar-refractivity contribution is 14.0. The molecular formula is C18H33IN4OS. The van der Waals surface area contributed by atoms with Crippen LogP contribution in [0.5, 0.6) is 0 Å². The van der Waals surface area contributed by atoms with E-state index in [1.165, 1.54) is 31.4 Å². The average Bonchev–Trinajstić information content (AvgIpc) is 3.25. The minimum atomic E-state index is 0. The first-order valence-corrected chi connectivity index (χ1v) is 10.4. The zero-order valence-electron chi connectivity index (χ0n) is 15.7. The Labute approximate surface area is 173 Å². The molecule has 1 fully saturated rings. The van der Waals surface area contributed by atoms with Gasteiger partial charge in [0.1, 0.15) is 11.5 Å². The molecule has 1 aromatic heterocycles. The number of thioether (sulfide) groups is 1. The molecule has 0 bridgehead atoms. The van der Waals surface area contributed by atoms with Crippen LogP contribution in [0.4, 0.5) is 0 Å². The smallest absolute Gasteiger partial charge is 0.191 e. The van der Waals surface area contributed by atoms with Crippen molar-refractivity contribution >= 4 is 41.7 Å². The van der Waals surface area contributed by atoms with Crippen LogP contribution in [0, 0.1) is 6.92 Å². The molecule has 0 spiro atoms. The number of guanidine groups is 1. The quantitative estimate of drug-likeness (QED) is 0.245. The van der Waals surface area contributed by atoms with Crippen LogP contribution >= 0.6 is 35.7 Å². The Morgan fingerprint density at radius 3 is 2.64 bits per heavy atom. The van der Waals surface area contributed by atoms with E-state index < -0.39 is 0 Å². The second-order valence-corrected chi connectivity index (χ2v) is 7.27. The molecular weight excluding hydrogens is 447 g/mol. The number of aliphatic imine (C=N–C) groups is 1. The maximum absolute atomic E-state index is 5.91. The summed E-state index contributed by atoms with van der Waals surface area (Å²) >= 11 is 1.90. The molecule has 0 saturated carbocycles. The summed E-state index contributed by atoms with van der Waals surface area (Å²) in [7, 11) is 1.83. The third-order valence-corrected chi connectivity index (χ3v) is 5.12. The second kappa shape index (κ2) is 12.9. The number of nitrogens with one attached hydrogen (secondary N) is 2. The van der Waals surface area contributed by atoms with Gasteiger partial charge < -0.3 is 15.1 Å². The summed E-state index contributed by atoms with van der Waals surface area (Å²) in [6, 6.07) is 4.44. The van der Waals surface area contributed by atoms with Gasteiger partial charge in [-0.3, -0.25) is 9.89 Å². The predicted octanol–water partition coefficient (Wildman–Crippen LogP) is 3.65. The zero-order valence-corrected chi connectivity index (χ0v) is 18.9. The Morgan fingerprint density at radius 1 is 1.28 bits per heavy atom. The number of hydrogen-bond donors (Lipinski definition) is 2. The molecule has 1 unspecified atom stereocenters. The Bertz CT molecular complexity index is 503. The number of likely N-dealkylation sites (tertiary alicyclic amines) is 1. The van der Waals surface area contributed by atoms with Crippen molar-refractivity contribution in [3.63, 3.8) is 0 Å². The van der Waals surface area contributed by atoms with Gasteiger partial charge >= 0.3 is 0 Å². The van der Waals surface area contributed by atoms with E-state index in [0.717, 1.165) is 43.7 Å². The van der Waals surface area contributed by atoms with E-state index >= 15 is 0 Å². The first kappa shape index (κ1) is 22.6. The molecule has 7 heteroatoms. The number of unbranched alkanes of at least 4 members (excludes halogenated alkanes) is 1. The first-order valence-electron chi connectivity index (χ1n) is 8.98. The number of rotatable bonds is 9. The highest BCUT2D eigenvalue weighted by atomic mass is 127. The Balaban J connectivity index is 0.00000312. The number of aryl methyl sites for hydroxylation is 1. The number of halogens is 1. The van der Waals surface area contributed by atoms with Crippen molar-refractivity contribution in [2.24, 2.45) is 4.99 Å². The largest absolute Gasteiger partial charge is 0.465 e. The summed E-state index contributed by atoms with van der Waals surface area (Å²) in [5.74, 6) is 4.14. The SMILES string of the molecule is CN=C(NCCCCSC)NCC(c1ccc(C)o1)N1CCCC1.I. The molecule has 1 aliphatic rings. The van der Waals surface area contributed by atoms with E-state index in [1.54, 1.807) is 0 Å². The average molecular weight is 480 g/mol. The second-order valence-electron chi connectivity index (χ2n) is 6.29. The molecule has 0 radical (unpaired) electrons. The lowest BCUT2D eigenvalue weighted by Gasteiger charge is -2.26. The normalized spacial score (nSPS) is 16.5. The molecule has 1 atom stereocenters. The number of furan rings is 1. The van der Waals surface area contributed by atoms with E-state index in [-0.39, 0.29) is 30.0 Å². The highest BCUT2D eigenvalue weighted by Crippen LogP contribution is 2.26. The van der Waals surface area contributed by atoms with E-state index in [4.69, 9.17) is 4.42 Å². The highest BCUT2D eigenvalue weighted by Gasteiger charge is 2.26. The van der Waals surface area contributed by atoms with E-state index in [2.05, 4.69) is 38.9 Å². The molecule has 1 aliphatic heterocycles. The Hall–Kier alpha value is -0.410. The number of nitrogens with zero attached hydrogens (tertiary/aromatic N) is 2. The van der Waals surface area contributed by atoms with Gasteiger partial charge in [0.25, 0.3) is 0 Å². The summed E-state index contributed by atoms with van der Waals surface area (Å²) in [5, 5.41) is 6.89. The Morgan fingerprint density at radius 2 is 2.04 bits per heavy atom. The maximum atomic E-state index is 5.91. The minimum Gasteiger partial charge on any atom is -0.465 e. The van der Waals surface area contributed by atoms with Crippen LogP contribution in [0.2, 0.25) is 0 Å². The zero-order chi connectivity index (χ0) is 17.2. The Kier molecular flexibility index (Phi) is 11.6. The van der Waals surface area contributed by atoms with Crippen LogP contribution in [-0.2, 0) is 0 Å². The van der Waals surface area contributed by atoms with Gasteiger partial charge in [0.05, 0.1) is 6.04 Å². The van der Waals surface area contributed by atoms with Crippen LogP contribution in [-0.4, -0.2) is 56.1 Å². The molecule has 5 nitrogen and oxygen atoms in total. The van der Waals surface area contributed by atoms with Gasteiger partial charge in [0, 0.05) is 20.1 Å². The summed E-state index contributed by atoms with van der Waals surface area (Å²) in [5.41, 5.74) is 0. The van der Waals surface area contributed by atoms with Crippen LogP contribution < -0.4 is 10.6 Å². The van der Waals surface area contributed by atoms with Crippen molar-refractivity contribution in [3.05, 3.63) is 23.7 Å². The van der Waals surface area contributed by atoms with Gasteiger partial charge in [0.15, 0.2) is 5.96 Å². The van der Waals surface area contributed by atoms with Gasteiger partial charge in [0.2, 0.25) is 0 Å². The molecule has 1 aromatic rings. The third kappa shape index (κ3) is 7.78. The topological polar surface area (TPSA) is 52.8 Å². The van der Waals surface area contributed by atoms with E-state index in [9.17, 15) is 0 Å². The summed E-state index contributed by atoms with van der Waals surface area (Å²) < 4.78 is 5.91. The fourth-order valence-corrected chi connectivity index (χ4v) is 3.58. The van der Waals surface area contributed by atoms with Crippen LogP contribution in [0.3, 0.4) is 0 Å². The van der Waals surface area contributed by atoms with Crippen molar-refractivity contribution in [2.75, 3.05) is 45.2 Å². The molecule has 0 aromatic carbocycles. The molecule has 2 rings (SSSR count). The molecule has 2 heterocycles. The predicted molar refractivity (Wildman–Crippen MR) is 119 cm³/mol. The lowest BCUT2D eigenvalue weighted by molar-refractivity contribution is 0.213. The molecule has 0 amide bonds. The maximum Gasteiger partial charge on any atom is 0.191 e. The van der Waals surface area contributed by atoms with Crippen LogP contribution in [0.15, 0.2) is 21.5 Å². The first-order chi connectivity index (χ1) is 11.7. The van der Waals surface area contributed by atoms with Crippen molar-refractivity contribution < 1.29 is 4.42 Å².